The van der Waals surface area contributed by atoms with Gasteiger partial charge in [-0.2, -0.15) is 5.10 Å². The van der Waals surface area contributed by atoms with E-state index < -0.39 is 11.9 Å². The number of hydrazone groups is 1. The van der Waals surface area contributed by atoms with Gasteiger partial charge in [-0.15, -0.1) is 0 Å². The number of aryl methyl sites for hydroxylation is 1. The summed E-state index contributed by atoms with van der Waals surface area (Å²) in [5.41, 5.74) is 8.83. The summed E-state index contributed by atoms with van der Waals surface area (Å²) < 4.78 is 1.90. The van der Waals surface area contributed by atoms with Crippen LogP contribution in [0.25, 0.3) is 11.0 Å². The van der Waals surface area contributed by atoms with Crippen molar-refractivity contribution >= 4 is 39.9 Å². The van der Waals surface area contributed by atoms with Gasteiger partial charge in [0.1, 0.15) is 11.8 Å². The SMILES string of the molecule is Cn1cnc2cc(NC(=O)C3=NN(c4ccccc4)[C@@H](C(N)=O)C3)ccc21. The van der Waals surface area contributed by atoms with Crippen LogP contribution in [-0.4, -0.2) is 33.1 Å². The van der Waals surface area contributed by atoms with Crippen LogP contribution < -0.4 is 16.1 Å². The number of para-hydroxylation sites is 1. The van der Waals surface area contributed by atoms with E-state index in [1.807, 2.05) is 48.0 Å². The molecule has 1 aliphatic heterocycles. The molecule has 0 fully saturated rings. The second-order valence-corrected chi connectivity index (χ2v) is 6.36. The molecule has 3 aromatic rings. The lowest BCUT2D eigenvalue weighted by molar-refractivity contribution is -0.119. The maximum atomic E-state index is 12.7. The maximum Gasteiger partial charge on any atom is 0.271 e. The second-order valence-electron chi connectivity index (χ2n) is 6.36. The molecule has 136 valence electrons. The fraction of sp³-hybridized carbons (Fsp3) is 0.158. The molecule has 0 saturated carbocycles. The number of amides is 2. The lowest BCUT2D eigenvalue weighted by Crippen LogP contribution is -2.39. The van der Waals surface area contributed by atoms with Crippen molar-refractivity contribution in [2.24, 2.45) is 17.9 Å². The zero-order valence-corrected chi connectivity index (χ0v) is 14.7. The fourth-order valence-electron chi connectivity index (χ4n) is 3.10. The Morgan fingerprint density at radius 2 is 1.96 bits per heavy atom. The van der Waals surface area contributed by atoms with Crippen LogP contribution in [0.2, 0.25) is 0 Å². The number of carbonyl (C=O) groups is 2. The van der Waals surface area contributed by atoms with E-state index in [1.165, 1.54) is 5.01 Å². The summed E-state index contributed by atoms with van der Waals surface area (Å²) in [6.45, 7) is 0. The highest BCUT2D eigenvalue weighted by Crippen LogP contribution is 2.25. The number of carbonyl (C=O) groups excluding carboxylic acids is 2. The Morgan fingerprint density at radius 1 is 1.19 bits per heavy atom. The van der Waals surface area contributed by atoms with E-state index in [1.54, 1.807) is 18.5 Å². The molecule has 0 aliphatic carbocycles. The molecule has 0 radical (unpaired) electrons. The van der Waals surface area contributed by atoms with Crippen LogP contribution in [0.4, 0.5) is 11.4 Å². The molecular formula is C19H18N6O2. The molecule has 2 heterocycles. The molecule has 1 aliphatic rings. The number of fused-ring (bicyclic) bond motifs is 1. The standard InChI is InChI=1S/C19H18N6O2/c1-24-11-21-14-9-12(7-8-16(14)24)22-19(27)15-10-17(18(20)26)25(23-15)13-5-3-2-4-6-13/h2-9,11,17H,10H2,1H3,(H2,20,26)(H,22,27)/t17-/m1/s1. The number of rotatable bonds is 4. The van der Waals surface area contributed by atoms with Gasteiger partial charge in [-0.1, -0.05) is 18.2 Å². The minimum Gasteiger partial charge on any atom is -0.368 e. The first kappa shape index (κ1) is 16.8. The van der Waals surface area contributed by atoms with E-state index in [9.17, 15) is 9.59 Å². The number of hydrogen-bond acceptors (Lipinski definition) is 5. The summed E-state index contributed by atoms with van der Waals surface area (Å²) >= 11 is 0. The molecule has 27 heavy (non-hydrogen) atoms. The minimum atomic E-state index is -0.688. The molecule has 1 aromatic heterocycles. The molecule has 0 bridgehead atoms. The van der Waals surface area contributed by atoms with Gasteiger partial charge in [-0.05, 0) is 30.3 Å². The third kappa shape index (κ3) is 3.12. The van der Waals surface area contributed by atoms with Gasteiger partial charge in [0.15, 0.2) is 0 Å². The number of nitrogens with one attached hydrogen (secondary N) is 1. The van der Waals surface area contributed by atoms with Crippen molar-refractivity contribution in [3.8, 4) is 0 Å². The summed E-state index contributed by atoms with van der Waals surface area (Å²) in [6, 6.07) is 14.0. The van der Waals surface area contributed by atoms with Crippen LogP contribution in [0.3, 0.4) is 0 Å². The van der Waals surface area contributed by atoms with Crippen molar-refractivity contribution in [3.63, 3.8) is 0 Å². The molecule has 1 atom stereocenters. The lowest BCUT2D eigenvalue weighted by Gasteiger charge is -2.20. The summed E-state index contributed by atoms with van der Waals surface area (Å²) in [4.78, 5) is 28.8. The predicted molar refractivity (Wildman–Crippen MR) is 103 cm³/mol. The van der Waals surface area contributed by atoms with E-state index in [0.717, 1.165) is 11.0 Å². The molecule has 4 rings (SSSR count). The van der Waals surface area contributed by atoms with E-state index in [2.05, 4.69) is 15.4 Å². The van der Waals surface area contributed by atoms with Crippen molar-refractivity contribution in [2.75, 3.05) is 10.3 Å². The Balaban J connectivity index is 1.57. The molecule has 0 unspecified atom stereocenters. The second kappa shape index (κ2) is 6.56. The van der Waals surface area contributed by atoms with Gasteiger partial charge >= 0.3 is 0 Å². The predicted octanol–water partition coefficient (Wildman–Crippen LogP) is 1.63. The third-order valence-electron chi connectivity index (χ3n) is 4.50. The van der Waals surface area contributed by atoms with Crippen LogP contribution in [0, 0.1) is 0 Å². The molecule has 2 aromatic carbocycles. The number of primary amides is 1. The summed E-state index contributed by atoms with van der Waals surface area (Å²) in [5.74, 6) is -0.893. The van der Waals surface area contributed by atoms with E-state index in [-0.39, 0.29) is 18.0 Å². The Hall–Kier alpha value is -3.68. The number of hydrogen-bond donors (Lipinski definition) is 2. The molecule has 0 spiro atoms. The van der Waals surface area contributed by atoms with Gasteiger partial charge in [0.05, 0.1) is 23.0 Å². The Bertz CT molecular complexity index is 1060. The Morgan fingerprint density at radius 3 is 2.70 bits per heavy atom. The number of imidazole rings is 1. The number of nitrogens with two attached hydrogens (primary N) is 1. The maximum absolute atomic E-state index is 12.7. The van der Waals surface area contributed by atoms with Gasteiger partial charge < -0.3 is 15.6 Å². The molecular weight excluding hydrogens is 344 g/mol. The third-order valence-corrected chi connectivity index (χ3v) is 4.50. The highest BCUT2D eigenvalue weighted by atomic mass is 16.2. The van der Waals surface area contributed by atoms with Gasteiger partial charge in [0.2, 0.25) is 5.91 Å². The van der Waals surface area contributed by atoms with Crippen molar-refractivity contribution in [1.29, 1.82) is 0 Å². The largest absolute Gasteiger partial charge is 0.368 e. The van der Waals surface area contributed by atoms with Gasteiger partial charge in [0, 0.05) is 19.2 Å². The highest BCUT2D eigenvalue weighted by Gasteiger charge is 2.34. The quantitative estimate of drug-likeness (QED) is 0.736. The van der Waals surface area contributed by atoms with Crippen LogP contribution in [-0.2, 0) is 16.6 Å². The number of benzene rings is 2. The first-order chi connectivity index (χ1) is 13.0. The van der Waals surface area contributed by atoms with E-state index >= 15 is 0 Å². The van der Waals surface area contributed by atoms with E-state index in [4.69, 9.17) is 5.73 Å². The van der Waals surface area contributed by atoms with Gasteiger partial charge in [-0.3, -0.25) is 14.6 Å². The first-order valence-electron chi connectivity index (χ1n) is 8.46. The molecule has 8 nitrogen and oxygen atoms in total. The number of aromatic nitrogens is 2. The Labute approximate surface area is 155 Å². The van der Waals surface area contributed by atoms with Crippen LogP contribution >= 0.6 is 0 Å². The number of nitrogens with zero attached hydrogens (tertiary/aromatic N) is 4. The average Bonchev–Trinajstić information content (AvgIpc) is 3.27. The van der Waals surface area contributed by atoms with Crippen LogP contribution in [0.1, 0.15) is 6.42 Å². The topological polar surface area (TPSA) is 106 Å². The highest BCUT2D eigenvalue weighted by molar-refractivity contribution is 6.44. The first-order valence-corrected chi connectivity index (χ1v) is 8.46. The minimum absolute atomic E-state index is 0.155. The van der Waals surface area contributed by atoms with Gasteiger partial charge in [-0.25, -0.2) is 4.98 Å². The Kier molecular flexibility index (Phi) is 4.08. The van der Waals surface area contributed by atoms with E-state index in [0.29, 0.717) is 11.4 Å². The van der Waals surface area contributed by atoms with Crippen molar-refractivity contribution < 1.29 is 9.59 Å². The van der Waals surface area contributed by atoms with Gasteiger partial charge in [0.25, 0.3) is 5.91 Å². The lowest BCUT2D eigenvalue weighted by atomic mass is 10.1. The fourth-order valence-corrected chi connectivity index (χ4v) is 3.10. The summed E-state index contributed by atoms with van der Waals surface area (Å²) in [7, 11) is 1.91. The summed E-state index contributed by atoms with van der Waals surface area (Å²) in [6.07, 6.45) is 1.87. The zero-order valence-electron chi connectivity index (χ0n) is 14.7. The summed E-state index contributed by atoms with van der Waals surface area (Å²) in [5, 5.41) is 8.66. The van der Waals surface area contributed by atoms with Crippen molar-refractivity contribution in [3.05, 3.63) is 54.9 Å². The van der Waals surface area contributed by atoms with Crippen LogP contribution in [0.15, 0.2) is 60.0 Å². The van der Waals surface area contributed by atoms with Crippen molar-refractivity contribution in [1.82, 2.24) is 9.55 Å². The van der Waals surface area contributed by atoms with Crippen LogP contribution in [0.5, 0.6) is 0 Å². The average molecular weight is 362 g/mol. The molecule has 3 N–H and O–H groups in total. The zero-order chi connectivity index (χ0) is 19.0. The number of anilines is 2. The van der Waals surface area contributed by atoms with Crippen molar-refractivity contribution in [2.45, 2.75) is 12.5 Å². The molecule has 8 heteroatoms. The smallest absolute Gasteiger partial charge is 0.271 e. The monoisotopic (exact) mass is 362 g/mol. The normalized spacial score (nSPS) is 16.4. The molecule has 0 saturated heterocycles. The molecule has 2 amide bonds.